The molecule has 3 nitrogen and oxygen atoms in total. The van der Waals surface area contributed by atoms with Crippen molar-refractivity contribution in [1.29, 1.82) is 0 Å². The van der Waals surface area contributed by atoms with Crippen molar-refractivity contribution in [1.82, 2.24) is 4.98 Å². The summed E-state index contributed by atoms with van der Waals surface area (Å²) >= 11 is 7.52. The van der Waals surface area contributed by atoms with E-state index < -0.39 is 9.05 Å². The molecule has 0 radical (unpaired) electrons. The highest BCUT2D eigenvalue weighted by Crippen LogP contribution is 2.21. The van der Waals surface area contributed by atoms with Gasteiger partial charge in [-0.15, -0.1) is 0 Å². The Balaban J connectivity index is 3.33. The van der Waals surface area contributed by atoms with Crippen LogP contribution in [0.5, 0.6) is 0 Å². The number of aromatic nitrogens is 1. The van der Waals surface area contributed by atoms with E-state index >= 15 is 0 Å². The SMILES string of the molecule is O=S(=O)(Cl)c1cnc(I)c(Cl)c1. The maximum atomic E-state index is 10.8. The van der Waals surface area contributed by atoms with Crippen LogP contribution in [-0.2, 0) is 9.05 Å². The summed E-state index contributed by atoms with van der Waals surface area (Å²) in [5, 5.41) is 0.275. The zero-order valence-electron chi connectivity index (χ0n) is 5.46. The molecule has 0 fully saturated rings. The normalized spacial score (nSPS) is 11.6. The molecule has 0 saturated heterocycles. The van der Waals surface area contributed by atoms with Crippen LogP contribution < -0.4 is 0 Å². The van der Waals surface area contributed by atoms with Crippen LogP contribution in [0.1, 0.15) is 0 Å². The van der Waals surface area contributed by atoms with E-state index in [1.165, 1.54) is 6.07 Å². The zero-order valence-corrected chi connectivity index (χ0v) is 9.95. The van der Waals surface area contributed by atoms with E-state index in [1.54, 1.807) is 0 Å². The number of pyridine rings is 1. The Morgan fingerprint density at radius 1 is 1.50 bits per heavy atom. The van der Waals surface area contributed by atoms with Crippen LogP contribution in [0.3, 0.4) is 0 Å². The third kappa shape index (κ3) is 2.45. The molecular formula is C5H2Cl2INO2S. The minimum Gasteiger partial charge on any atom is -0.247 e. The number of hydrogen-bond donors (Lipinski definition) is 0. The molecule has 0 amide bonds. The Morgan fingerprint density at radius 2 is 2.08 bits per heavy atom. The van der Waals surface area contributed by atoms with Gasteiger partial charge in [0, 0.05) is 16.9 Å². The van der Waals surface area contributed by atoms with Crippen LogP contribution >= 0.6 is 44.9 Å². The topological polar surface area (TPSA) is 47.0 Å². The molecule has 0 aliphatic carbocycles. The summed E-state index contributed by atoms with van der Waals surface area (Å²) < 4.78 is 22.1. The number of rotatable bonds is 1. The first-order valence-electron chi connectivity index (χ1n) is 2.67. The monoisotopic (exact) mass is 337 g/mol. The molecular weight excluding hydrogens is 336 g/mol. The average Bonchev–Trinajstić information content (AvgIpc) is 1.92. The second kappa shape index (κ2) is 3.65. The van der Waals surface area contributed by atoms with Gasteiger partial charge < -0.3 is 0 Å². The van der Waals surface area contributed by atoms with Gasteiger partial charge in [-0.1, -0.05) is 11.6 Å². The van der Waals surface area contributed by atoms with Gasteiger partial charge in [0.15, 0.2) is 0 Å². The van der Waals surface area contributed by atoms with Gasteiger partial charge >= 0.3 is 0 Å². The molecule has 1 aromatic rings. The molecule has 0 saturated carbocycles. The first kappa shape index (κ1) is 10.5. The second-order valence-electron chi connectivity index (χ2n) is 1.88. The highest BCUT2D eigenvalue weighted by molar-refractivity contribution is 14.1. The Morgan fingerprint density at radius 3 is 2.50 bits per heavy atom. The van der Waals surface area contributed by atoms with E-state index in [0.29, 0.717) is 3.70 Å². The van der Waals surface area contributed by atoms with Gasteiger partial charge in [0.25, 0.3) is 9.05 Å². The lowest BCUT2D eigenvalue weighted by Gasteiger charge is -1.97. The summed E-state index contributed by atoms with van der Waals surface area (Å²) in [6.07, 6.45) is 1.16. The largest absolute Gasteiger partial charge is 0.262 e. The third-order valence-corrected chi connectivity index (χ3v) is 3.84. The fourth-order valence-electron chi connectivity index (χ4n) is 0.537. The molecule has 1 heterocycles. The average molecular weight is 338 g/mol. The van der Waals surface area contributed by atoms with Gasteiger partial charge in [-0.05, 0) is 28.7 Å². The predicted octanol–water partition coefficient (Wildman–Crippen LogP) is 2.27. The maximum absolute atomic E-state index is 10.8. The second-order valence-corrected chi connectivity index (χ2v) is 5.88. The van der Waals surface area contributed by atoms with Crippen LogP contribution in [0.25, 0.3) is 0 Å². The van der Waals surface area contributed by atoms with E-state index in [1.807, 2.05) is 22.6 Å². The van der Waals surface area contributed by atoms with Crippen LogP contribution in [0, 0.1) is 3.70 Å². The zero-order chi connectivity index (χ0) is 9.35. The van der Waals surface area contributed by atoms with Crippen molar-refractivity contribution in [3.63, 3.8) is 0 Å². The van der Waals surface area contributed by atoms with Gasteiger partial charge in [0.1, 0.15) is 8.60 Å². The number of halogens is 3. The fourth-order valence-corrected chi connectivity index (χ4v) is 1.75. The van der Waals surface area contributed by atoms with Crippen LogP contribution in [0.2, 0.25) is 5.02 Å². The van der Waals surface area contributed by atoms with Gasteiger partial charge in [-0.3, -0.25) is 0 Å². The Kier molecular flexibility index (Phi) is 3.19. The Bertz CT molecular complexity index is 406. The fraction of sp³-hybridized carbons (Fsp3) is 0. The van der Waals surface area contributed by atoms with E-state index in [0.717, 1.165) is 6.20 Å². The van der Waals surface area contributed by atoms with Crippen molar-refractivity contribution in [2.24, 2.45) is 0 Å². The number of hydrogen-bond acceptors (Lipinski definition) is 3. The van der Waals surface area contributed by atoms with Crippen molar-refractivity contribution < 1.29 is 8.42 Å². The highest BCUT2D eigenvalue weighted by atomic mass is 127. The molecule has 0 aliphatic rings. The highest BCUT2D eigenvalue weighted by Gasteiger charge is 2.11. The van der Waals surface area contributed by atoms with Crippen LogP contribution in [0.4, 0.5) is 0 Å². The molecule has 66 valence electrons. The van der Waals surface area contributed by atoms with Crippen molar-refractivity contribution >= 4 is 53.9 Å². The van der Waals surface area contributed by atoms with Crippen LogP contribution in [0.15, 0.2) is 17.2 Å². The van der Waals surface area contributed by atoms with E-state index in [-0.39, 0.29) is 9.92 Å². The summed E-state index contributed by atoms with van der Waals surface area (Å²) in [7, 11) is 1.33. The minimum absolute atomic E-state index is 0.0883. The van der Waals surface area contributed by atoms with Gasteiger partial charge in [0.05, 0.1) is 5.02 Å². The number of nitrogens with zero attached hydrogens (tertiary/aromatic N) is 1. The Hall–Kier alpha value is 0.410. The molecule has 0 bridgehead atoms. The molecule has 0 aliphatic heterocycles. The molecule has 12 heavy (non-hydrogen) atoms. The summed E-state index contributed by atoms with van der Waals surface area (Å²) in [6, 6.07) is 1.26. The standard InChI is InChI=1S/C5H2Cl2INO2S/c6-4-1-3(12(7,10)11)2-9-5(4)8/h1-2H. The van der Waals surface area contributed by atoms with E-state index in [2.05, 4.69) is 4.98 Å². The summed E-state index contributed by atoms with van der Waals surface area (Å²) in [5.41, 5.74) is 0. The molecule has 7 heteroatoms. The van der Waals surface area contributed by atoms with Crippen molar-refractivity contribution in [3.8, 4) is 0 Å². The first-order valence-corrected chi connectivity index (χ1v) is 6.43. The first-order chi connectivity index (χ1) is 5.41. The molecule has 0 atom stereocenters. The van der Waals surface area contributed by atoms with Crippen molar-refractivity contribution in [2.45, 2.75) is 4.90 Å². The lowest BCUT2D eigenvalue weighted by Crippen LogP contribution is -1.93. The van der Waals surface area contributed by atoms with E-state index in [4.69, 9.17) is 22.3 Å². The lowest BCUT2D eigenvalue weighted by atomic mass is 10.5. The molecule has 0 N–H and O–H groups in total. The summed E-state index contributed by atoms with van der Waals surface area (Å²) in [4.78, 5) is 3.65. The molecule has 1 aromatic heterocycles. The molecule has 1 rings (SSSR count). The third-order valence-electron chi connectivity index (χ3n) is 1.05. The molecule has 0 unspecified atom stereocenters. The van der Waals surface area contributed by atoms with Gasteiger partial charge in [-0.2, -0.15) is 0 Å². The van der Waals surface area contributed by atoms with Crippen molar-refractivity contribution in [3.05, 3.63) is 21.0 Å². The smallest absolute Gasteiger partial charge is 0.247 e. The van der Waals surface area contributed by atoms with Crippen molar-refractivity contribution in [2.75, 3.05) is 0 Å². The lowest BCUT2D eigenvalue weighted by molar-refractivity contribution is 0.609. The quantitative estimate of drug-likeness (QED) is 0.448. The summed E-state index contributed by atoms with van der Waals surface area (Å²) in [6.45, 7) is 0. The van der Waals surface area contributed by atoms with E-state index in [9.17, 15) is 8.42 Å². The van der Waals surface area contributed by atoms with Gasteiger partial charge in [0.2, 0.25) is 0 Å². The van der Waals surface area contributed by atoms with Crippen LogP contribution in [-0.4, -0.2) is 13.4 Å². The Labute approximate surface area is 92.6 Å². The molecule has 0 spiro atoms. The summed E-state index contributed by atoms with van der Waals surface area (Å²) in [5.74, 6) is 0. The predicted molar refractivity (Wildman–Crippen MR) is 55.0 cm³/mol. The maximum Gasteiger partial charge on any atom is 0.262 e. The van der Waals surface area contributed by atoms with Gasteiger partial charge in [-0.25, -0.2) is 13.4 Å². The molecule has 0 aromatic carbocycles. The minimum atomic E-state index is -3.72.